The van der Waals surface area contributed by atoms with Gasteiger partial charge < -0.3 is 21.5 Å². The van der Waals surface area contributed by atoms with Crippen LogP contribution in [-0.4, -0.2) is 48.7 Å². The van der Waals surface area contributed by atoms with Crippen molar-refractivity contribution in [2.24, 2.45) is 5.92 Å². The number of aromatic amines is 1. The average molecular weight is 482 g/mol. The number of aliphatic carboxylic acids is 1. The number of carbonyl (C=O) groups is 3. The first-order chi connectivity index (χ1) is 16.6. The summed E-state index contributed by atoms with van der Waals surface area (Å²) in [6, 6.07) is 5.24. The summed E-state index contributed by atoms with van der Waals surface area (Å²) in [5, 5.41) is 15.0. The number of benzene rings is 1. The molecule has 0 bridgehead atoms. The summed E-state index contributed by atoms with van der Waals surface area (Å²) in [5.74, 6) is -1.62. The lowest BCUT2D eigenvalue weighted by Gasteiger charge is -2.15. The number of nitrogens with one attached hydrogen (secondary N) is 3. The first-order valence-corrected chi connectivity index (χ1v) is 11.0. The zero-order chi connectivity index (χ0) is 25.5. The van der Waals surface area contributed by atoms with Gasteiger partial charge in [-0.15, -0.1) is 0 Å². The summed E-state index contributed by atoms with van der Waals surface area (Å²) in [4.78, 5) is 62.5. The molecule has 0 unspecified atom stereocenters. The quantitative estimate of drug-likeness (QED) is 0.268. The van der Waals surface area contributed by atoms with Gasteiger partial charge in [-0.1, -0.05) is 13.8 Å². The van der Waals surface area contributed by atoms with Crippen LogP contribution in [0, 0.1) is 5.92 Å². The van der Waals surface area contributed by atoms with Crippen LogP contribution in [-0.2, 0) is 16.1 Å². The third kappa shape index (κ3) is 7.06. The predicted octanol–water partition coefficient (Wildman–Crippen LogP) is 1.49. The Labute approximate surface area is 200 Å². The van der Waals surface area contributed by atoms with E-state index in [9.17, 15) is 24.3 Å². The molecular weight excluding hydrogens is 454 g/mol. The standard InChI is InChI=1S/C23H27N7O5/c1-12(2)9-16(31)7-8-17(22(34)35)28-20(32)13-3-5-14(6-4-13)25-10-15-11-26-19-18(27-15)21(33)30-23(24)29-19/h3-6,11-12,17,25H,7-10H2,1-2H3,(H,28,32)(H,34,35)(H3,24,26,29,30,33)/t17-/m0/s1. The topological polar surface area (TPSA) is 193 Å². The Hall–Kier alpha value is -4.35. The van der Waals surface area contributed by atoms with Crippen molar-refractivity contribution in [2.75, 3.05) is 11.1 Å². The number of hydrogen-bond acceptors (Lipinski definition) is 9. The second-order valence-electron chi connectivity index (χ2n) is 8.46. The van der Waals surface area contributed by atoms with Gasteiger partial charge in [-0.05, 0) is 36.6 Å². The highest BCUT2D eigenvalue weighted by atomic mass is 16.4. The number of Topliss-reactive ketones (excluding diaryl/α,β-unsaturated/α-hetero) is 1. The maximum Gasteiger partial charge on any atom is 0.326 e. The predicted molar refractivity (Wildman–Crippen MR) is 129 cm³/mol. The van der Waals surface area contributed by atoms with E-state index >= 15 is 0 Å². The molecule has 0 aliphatic heterocycles. The molecule has 12 nitrogen and oxygen atoms in total. The molecule has 1 atom stereocenters. The molecule has 12 heteroatoms. The number of carboxylic acids is 1. The summed E-state index contributed by atoms with van der Waals surface area (Å²) in [6.07, 6.45) is 1.97. The SMILES string of the molecule is CC(C)CC(=O)CC[C@H](NC(=O)c1ccc(NCc2cnc3nc(N)[nH]c(=O)c3n2)cc1)C(=O)O. The van der Waals surface area contributed by atoms with Crippen molar-refractivity contribution in [1.29, 1.82) is 0 Å². The van der Waals surface area contributed by atoms with E-state index in [2.05, 4.69) is 30.6 Å². The molecule has 184 valence electrons. The largest absolute Gasteiger partial charge is 0.480 e. The Balaban J connectivity index is 1.58. The van der Waals surface area contributed by atoms with Crippen LogP contribution < -0.4 is 21.9 Å². The van der Waals surface area contributed by atoms with E-state index in [0.717, 1.165) is 0 Å². The summed E-state index contributed by atoms with van der Waals surface area (Å²) in [6.45, 7) is 4.08. The summed E-state index contributed by atoms with van der Waals surface area (Å²) < 4.78 is 0. The molecule has 0 radical (unpaired) electrons. The van der Waals surface area contributed by atoms with Crippen LogP contribution in [0.4, 0.5) is 11.6 Å². The molecule has 3 aromatic rings. The average Bonchev–Trinajstić information content (AvgIpc) is 2.80. The number of anilines is 2. The first-order valence-electron chi connectivity index (χ1n) is 11.0. The van der Waals surface area contributed by atoms with Gasteiger partial charge in [0, 0.05) is 24.1 Å². The van der Waals surface area contributed by atoms with Crippen LogP contribution in [0.1, 0.15) is 49.2 Å². The highest BCUT2D eigenvalue weighted by molar-refractivity contribution is 5.97. The second-order valence-corrected chi connectivity index (χ2v) is 8.46. The van der Waals surface area contributed by atoms with Crippen molar-refractivity contribution in [2.45, 2.75) is 45.7 Å². The number of nitrogen functional groups attached to an aromatic ring is 1. The van der Waals surface area contributed by atoms with Crippen molar-refractivity contribution in [3.05, 3.63) is 52.1 Å². The first kappa shape index (κ1) is 25.3. The molecule has 1 aromatic carbocycles. The van der Waals surface area contributed by atoms with E-state index in [1.54, 1.807) is 24.3 Å². The van der Waals surface area contributed by atoms with Gasteiger partial charge in [0.25, 0.3) is 11.5 Å². The van der Waals surface area contributed by atoms with Crippen molar-refractivity contribution in [3.63, 3.8) is 0 Å². The number of carbonyl (C=O) groups excluding carboxylic acids is 2. The van der Waals surface area contributed by atoms with Gasteiger partial charge in [0.1, 0.15) is 11.8 Å². The highest BCUT2D eigenvalue weighted by Crippen LogP contribution is 2.13. The molecule has 0 aliphatic carbocycles. The fourth-order valence-electron chi connectivity index (χ4n) is 3.35. The number of amides is 1. The molecule has 0 spiro atoms. The second kappa shape index (κ2) is 11.2. The van der Waals surface area contributed by atoms with E-state index in [0.29, 0.717) is 17.8 Å². The van der Waals surface area contributed by atoms with Crippen LogP contribution in [0.15, 0.2) is 35.3 Å². The Bertz CT molecular complexity index is 1290. The molecule has 0 fully saturated rings. The minimum absolute atomic E-state index is 0.0305. The van der Waals surface area contributed by atoms with Crippen molar-refractivity contribution in [1.82, 2.24) is 25.3 Å². The minimum Gasteiger partial charge on any atom is -0.480 e. The van der Waals surface area contributed by atoms with E-state index < -0.39 is 23.5 Å². The molecule has 0 saturated carbocycles. The number of H-pyrrole nitrogens is 1. The van der Waals surface area contributed by atoms with E-state index in [4.69, 9.17) is 5.73 Å². The zero-order valence-corrected chi connectivity index (χ0v) is 19.4. The van der Waals surface area contributed by atoms with Crippen molar-refractivity contribution < 1.29 is 19.5 Å². The van der Waals surface area contributed by atoms with Crippen LogP contribution >= 0.6 is 0 Å². The van der Waals surface area contributed by atoms with Gasteiger partial charge in [-0.25, -0.2) is 14.8 Å². The van der Waals surface area contributed by atoms with Gasteiger partial charge in [-0.2, -0.15) is 4.98 Å². The van der Waals surface area contributed by atoms with Crippen LogP contribution in [0.3, 0.4) is 0 Å². The van der Waals surface area contributed by atoms with Crippen molar-refractivity contribution in [3.8, 4) is 0 Å². The Morgan fingerprint density at radius 1 is 1.14 bits per heavy atom. The molecule has 2 aromatic heterocycles. The monoisotopic (exact) mass is 481 g/mol. The van der Waals surface area contributed by atoms with Crippen LogP contribution in [0.25, 0.3) is 11.2 Å². The van der Waals surface area contributed by atoms with Gasteiger partial charge in [0.05, 0.1) is 18.4 Å². The smallest absolute Gasteiger partial charge is 0.326 e. The lowest BCUT2D eigenvalue weighted by molar-refractivity contribution is -0.139. The number of ketones is 1. The summed E-state index contributed by atoms with van der Waals surface area (Å²) >= 11 is 0. The van der Waals surface area contributed by atoms with Gasteiger partial charge in [-0.3, -0.25) is 19.4 Å². The maximum atomic E-state index is 12.5. The summed E-state index contributed by atoms with van der Waals surface area (Å²) in [5.41, 5.74) is 6.67. The number of rotatable bonds is 11. The van der Waals surface area contributed by atoms with Gasteiger partial charge in [0.15, 0.2) is 11.2 Å². The normalized spacial score (nSPS) is 11.9. The Morgan fingerprint density at radius 2 is 1.86 bits per heavy atom. The van der Waals surface area contributed by atoms with Crippen LogP contribution in [0.5, 0.6) is 0 Å². The number of hydrogen-bond donors (Lipinski definition) is 5. The Kier molecular flexibility index (Phi) is 8.08. The molecule has 1 amide bonds. The van der Waals surface area contributed by atoms with Gasteiger partial charge >= 0.3 is 5.97 Å². The molecule has 2 heterocycles. The third-order valence-corrected chi connectivity index (χ3v) is 5.06. The molecule has 0 saturated heterocycles. The zero-order valence-electron chi connectivity index (χ0n) is 19.4. The number of nitrogens with two attached hydrogens (primary N) is 1. The van der Waals surface area contributed by atoms with Gasteiger partial charge in [0.2, 0.25) is 5.95 Å². The third-order valence-electron chi connectivity index (χ3n) is 5.06. The highest BCUT2D eigenvalue weighted by Gasteiger charge is 2.22. The van der Waals surface area contributed by atoms with E-state index in [-0.39, 0.29) is 53.8 Å². The van der Waals surface area contributed by atoms with E-state index in [1.165, 1.54) is 6.20 Å². The van der Waals surface area contributed by atoms with Crippen molar-refractivity contribution >= 4 is 40.5 Å². The van der Waals surface area contributed by atoms with E-state index in [1.807, 2.05) is 13.8 Å². The molecule has 35 heavy (non-hydrogen) atoms. The number of carboxylic acid groups (broad SMARTS) is 1. The Morgan fingerprint density at radius 3 is 2.51 bits per heavy atom. The molecular formula is C23H27N7O5. The van der Waals surface area contributed by atoms with Crippen LogP contribution in [0.2, 0.25) is 0 Å². The molecule has 0 aliphatic rings. The molecule has 6 N–H and O–H groups in total. The number of aromatic nitrogens is 4. The maximum absolute atomic E-state index is 12.5. The lowest BCUT2D eigenvalue weighted by atomic mass is 10.0. The minimum atomic E-state index is -1.19. The summed E-state index contributed by atoms with van der Waals surface area (Å²) in [7, 11) is 0. The fraction of sp³-hybridized carbons (Fsp3) is 0.348. The lowest BCUT2D eigenvalue weighted by Crippen LogP contribution is -2.41. The number of nitrogens with zero attached hydrogens (tertiary/aromatic N) is 3. The molecule has 3 rings (SSSR count). The fourth-order valence-corrected chi connectivity index (χ4v) is 3.35. The number of fused-ring (bicyclic) bond motifs is 1.